The van der Waals surface area contributed by atoms with Gasteiger partial charge in [0.05, 0.1) is 18.1 Å². The van der Waals surface area contributed by atoms with Crippen molar-refractivity contribution in [3.63, 3.8) is 0 Å². The van der Waals surface area contributed by atoms with Crippen LogP contribution in [0.4, 0.5) is 0 Å². The number of aliphatic hydroxyl groups is 1. The normalized spacial score (nSPS) is 52.8. The fraction of sp³-hybridized carbons (Fsp3) is 0.769. The third kappa shape index (κ3) is 2.21. The van der Waals surface area contributed by atoms with Crippen molar-refractivity contribution in [3.8, 4) is 0 Å². The second kappa shape index (κ2) is 6.41. The highest BCUT2D eigenvalue weighted by Gasteiger charge is 2.87. The van der Waals surface area contributed by atoms with Crippen molar-refractivity contribution in [3.05, 3.63) is 24.3 Å². The molecule has 2 spiro atoms. The molecule has 6 nitrogen and oxygen atoms in total. The van der Waals surface area contributed by atoms with E-state index in [-0.39, 0.29) is 30.0 Å². The molecule has 1 N–H and O–H groups in total. The number of aliphatic hydroxyl groups excluding tert-OH is 1. The second-order valence-electron chi connectivity index (χ2n) is 11.5. The van der Waals surface area contributed by atoms with E-state index in [2.05, 4.69) is 20.4 Å². The first-order chi connectivity index (χ1) is 14.8. The van der Waals surface area contributed by atoms with E-state index in [9.17, 15) is 14.7 Å². The van der Waals surface area contributed by atoms with Gasteiger partial charge >= 0.3 is 0 Å². The standard InChI is InChI=1S/C26H36O6/c1-8-23(7)12-11-18(28)24-13-30-26(20(29)19(23)24)25(15(4)27)17(24)10-9-16(14(2)3)21(25)31-22(5,6)32-26/h11-12,16-17,19-21,29H,2,8-10,13H2,1,3-7H3/t16-,17-,19+,20-,21+,23-,24+,25+,26?/m0/s1. The number of hydrogen-bond donors (Lipinski definition) is 1. The average Bonchev–Trinajstić information content (AvgIpc) is 2.71. The van der Waals surface area contributed by atoms with Gasteiger partial charge in [0.25, 0.3) is 0 Å². The third-order valence-electron chi connectivity index (χ3n) is 9.68. The molecule has 1 unspecified atom stereocenters. The number of Topliss-reactive ketones (excluding diaryl/α,β-unsaturated/α-hetero) is 1. The molecule has 0 aromatic rings. The Hall–Kier alpha value is -1.34. The van der Waals surface area contributed by atoms with Crippen LogP contribution in [0.2, 0.25) is 0 Å². The van der Waals surface area contributed by atoms with E-state index in [1.807, 2.05) is 26.8 Å². The second-order valence-corrected chi connectivity index (χ2v) is 11.5. The first-order valence-electron chi connectivity index (χ1n) is 11.9. The molecule has 2 bridgehead atoms. The molecule has 2 saturated carbocycles. The van der Waals surface area contributed by atoms with Crippen LogP contribution in [-0.2, 0) is 23.8 Å². The Kier molecular flexibility index (Phi) is 4.50. The zero-order valence-corrected chi connectivity index (χ0v) is 20.1. The summed E-state index contributed by atoms with van der Waals surface area (Å²) in [6.07, 6.45) is 4.07. The minimum atomic E-state index is -1.57. The van der Waals surface area contributed by atoms with E-state index in [0.717, 1.165) is 18.4 Å². The molecule has 0 radical (unpaired) electrons. The van der Waals surface area contributed by atoms with Crippen LogP contribution in [0.3, 0.4) is 0 Å². The molecule has 6 aliphatic rings. The largest absolute Gasteiger partial charge is 0.387 e. The minimum Gasteiger partial charge on any atom is -0.387 e. The molecule has 9 atom stereocenters. The van der Waals surface area contributed by atoms with Crippen LogP contribution in [0, 0.1) is 34.0 Å². The van der Waals surface area contributed by atoms with E-state index in [0.29, 0.717) is 6.42 Å². The molecule has 5 fully saturated rings. The SMILES string of the molecule is C=C(C)[C@@H]1CC[C@H]2[C@@]34COC5(OC(C)(C)O[C@H]1[C@@]25C(C)=O)[C@@H](O)[C@@H]3[C@@](C)(CC)C=CC4=O. The quantitative estimate of drug-likeness (QED) is 0.670. The van der Waals surface area contributed by atoms with E-state index in [4.69, 9.17) is 14.2 Å². The summed E-state index contributed by atoms with van der Waals surface area (Å²) in [5.74, 6) is -3.68. The van der Waals surface area contributed by atoms with Crippen molar-refractivity contribution in [1.29, 1.82) is 0 Å². The van der Waals surface area contributed by atoms with Crippen LogP contribution >= 0.6 is 0 Å². The van der Waals surface area contributed by atoms with Crippen LogP contribution in [-0.4, -0.2) is 47.1 Å². The lowest BCUT2D eigenvalue weighted by atomic mass is 9.34. The van der Waals surface area contributed by atoms with Gasteiger partial charge in [0.1, 0.15) is 17.3 Å². The van der Waals surface area contributed by atoms with E-state index >= 15 is 0 Å². The van der Waals surface area contributed by atoms with Gasteiger partial charge in [-0.05, 0) is 64.4 Å². The minimum absolute atomic E-state index is 0.0521. The molecule has 0 aromatic carbocycles. The molecule has 0 amide bonds. The van der Waals surface area contributed by atoms with Crippen LogP contribution in [0.1, 0.15) is 60.8 Å². The van der Waals surface area contributed by atoms with Gasteiger partial charge in [0, 0.05) is 11.8 Å². The molecule has 0 aromatic heterocycles. The number of carbonyl (C=O) groups is 2. The molecule has 3 heterocycles. The molecule has 3 aliphatic heterocycles. The average molecular weight is 445 g/mol. The monoisotopic (exact) mass is 444 g/mol. The summed E-state index contributed by atoms with van der Waals surface area (Å²) in [4.78, 5) is 27.5. The highest BCUT2D eigenvalue weighted by atomic mass is 16.8. The van der Waals surface area contributed by atoms with Crippen molar-refractivity contribution in [2.75, 3.05) is 6.61 Å². The van der Waals surface area contributed by atoms with Gasteiger partial charge in [0.15, 0.2) is 11.6 Å². The van der Waals surface area contributed by atoms with Gasteiger partial charge in [0.2, 0.25) is 5.79 Å². The van der Waals surface area contributed by atoms with Crippen LogP contribution in [0.15, 0.2) is 24.3 Å². The predicted octanol–water partition coefficient (Wildman–Crippen LogP) is 3.57. The van der Waals surface area contributed by atoms with Crippen molar-refractivity contribution >= 4 is 11.6 Å². The molecule has 176 valence electrons. The number of allylic oxidation sites excluding steroid dienone is 2. The Labute approximate surface area is 190 Å². The maximum Gasteiger partial charge on any atom is 0.213 e. The lowest BCUT2D eigenvalue weighted by Crippen LogP contribution is -2.89. The molecular formula is C26H36O6. The van der Waals surface area contributed by atoms with E-state index in [1.54, 1.807) is 6.08 Å². The van der Waals surface area contributed by atoms with Crippen LogP contribution in [0.5, 0.6) is 0 Å². The summed E-state index contributed by atoms with van der Waals surface area (Å²) >= 11 is 0. The van der Waals surface area contributed by atoms with Crippen molar-refractivity contribution in [2.45, 2.75) is 84.6 Å². The van der Waals surface area contributed by atoms with Gasteiger partial charge in [-0.15, -0.1) is 0 Å². The molecular weight excluding hydrogens is 408 g/mol. The summed E-state index contributed by atoms with van der Waals surface area (Å²) in [5, 5.41) is 12.1. The summed E-state index contributed by atoms with van der Waals surface area (Å²) in [7, 11) is 0. The molecule has 6 rings (SSSR count). The lowest BCUT2D eigenvalue weighted by molar-refractivity contribution is -0.525. The fourth-order valence-electron chi connectivity index (χ4n) is 8.38. The van der Waals surface area contributed by atoms with Gasteiger partial charge in [-0.25, -0.2) is 0 Å². The van der Waals surface area contributed by atoms with Crippen LogP contribution in [0.25, 0.3) is 0 Å². The highest BCUT2D eigenvalue weighted by Crippen LogP contribution is 2.76. The molecule has 3 aliphatic carbocycles. The zero-order valence-electron chi connectivity index (χ0n) is 20.1. The Balaban J connectivity index is 1.85. The number of hydrogen-bond acceptors (Lipinski definition) is 6. The summed E-state index contributed by atoms with van der Waals surface area (Å²) in [5.41, 5.74) is -1.76. The molecule has 32 heavy (non-hydrogen) atoms. The zero-order chi connectivity index (χ0) is 23.5. The van der Waals surface area contributed by atoms with Gasteiger partial charge < -0.3 is 19.3 Å². The van der Waals surface area contributed by atoms with Gasteiger partial charge in [-0.2, -0.15) is 0 Å². The van der Waals surface area contributed by atoms with Gasteiger partial charge in [-0.3, -0.25) is 9.59 Å². The summed E-state index contributed by atoms with van der Waals surface area (Å²) < 4.78 is 19.5. The Morgan fingerprint density at radius 2 is 1.94 bits per heavy atom. The third-order valence-corrected chi connectivity index (χ3v) is 9.68. The Morgan fingerprint density at radius 3 is 2.53 bits per heavy atom. The van der Waals surface area contributed by atoms with Crippen molar-refractivity contribution in [1.82, 2.24) is 0 Å². The number of fused-ring (bicyclic) bond motifs is 1. The van der Waals surface area contributed by atoms with Crippen LogP contribution < -0.4 is 0 Å². The maximum absolute atomic E-state index is 13.8. The number of rotatable bonds is 3. The van der Waals surface area contributed by atoms with Gasteiger partial charge in [-0.1, -0.05) is 32.1 Å². The highest BCUT2D eigenvalue weighted by molar-refractivity contribution is 5.99. The fourth-order valence-corrected chi connectivity index (χ4v) is 8.38. The molecule has 3 saturated heterocycles. The predicted molar refractivity (Wildman–Crippen MR) is 117 cm³/mol. The summed E-state index contributed by atoms with van der Waals surface area (Å²) in [6.45, 7) is 15.6. The summed E-state index contributed by atoms with van der Waals surface area (Å²) in [6, 6.07) is 0. The Bertz CT molecular complexity index is 937. The number of ether oxygens (including phenoxy) is 3. The maximum atomic E-state index is 13.8. The first-order valence-corrected chi connectivity index (χ1v) is 11.9. The van der Waals surface area contributed by atoms with E-state index < -0.39 is 45.9 Å². The Morgan fingerprint density at radius 1 is 1.25 bits per heavy atom. The lowest BCUT2D eigenvalue weighted by Gasteiger charge is -2.77. The first kappa shape index (κ1) is 22.5. The van der Waals surface area contributed by atoms with Crippen molar-refractivity contribution in [2.24, 2.45) is 34.0 Å². The number of carbonyl (C=O) groups excluding carboxylic acids is 2. The smallest absolute Gasteiger partial charge is 0.213 e. The van der Waals surface area contributed by atoms with Crippen molar-refractivity contribution < 1.29 is 28.9 Å². The number of ketones is 2. The topological polar surface area (TPSA) is 82.1 Å². The van der Waals surface area contributed by atoms with E-state index in [1.165, 1.54) is 6.92 Å². The molecule has 6 heteroatoms.